The first-order chi connectivity index (χ1) is 13.3. The quantitative estimate of drug-likeness (QED) is 0.540. The van der Waals surface area contributed by atoms with Gasteiger partial charge in [0.05, 0.1) is 11.7 Å². The predicted octanol–water partition coefficient (Wildman–Crippen LogP) is 2.94. The number of hydrogen-bond acceptors (Lipinski definition) is 6. The van der Waals surface area contributed by atoms with Crippen LogP contribution < -0.4 is 4.74 Å². The summed E-state index contributed by atoms with van der Waals surface area (Å²) in [5.41, 5.74) is 2.16. The number of halogens is 1. The van der Waals surface area contributed by atoms with Crippen LogP contribution in [0.25, 0.3) is 16.9 Å². The van der Waals surface area contributed by atoms with Crippen molar-refractivity contribution in [2.45, 2.75) is 32.8 Å². The summed E-state index contributed by atoms with van der Waals surface area (Å²) in [4.78, 5) is 4.18. The van der Waals surface area contributed by atoms with E-state index in [2.05, 4.69) is 46.1 Å². The van der Waals surface area contributed by atoms with Crippen LogP contribution in [-0.2, 0) is 19.1 Å². The molecule has 144 valence electrons. The van der Waals surface area contributed by atoms with Gasteiger partial charge in [0.1, 0.15) is 18.8 Å². The minimum Gasteiger partial charge on any atom is -0.468 e. The van der Waals surface area contributed by atoms with Crippen molar-refractivity contribution >= 4 is 5.52 Å². The van der Waals surface area contributed by atoms with Gasteiger partial charge in [-0.3, -0.25) is 4.68 Å². The Morgan fingerprint density at radius 2 is 1.89 bits per heavy atom. The van der Waals surface area contributed by atoms with E-state index >= 15 is 0 Å². The minimum absolute atomic E-state index is 0.232. The Hall–Kier alpha value is -3.36. The molecule has 3 heterocycles. The molecule has 0 fully saturated rings. The Kier molecular flexibility index (Phi) is 4.29. The highest BCUT2D eigenvalue weighted by Crippen LogP contribution is 2.36. The molecule has 0 saturated carbocycles. The van der Waals surface area contributed by atoms with E-state index in [0.717, 1.165) is 11.1 Å². The number of ether oxygens (including phenoxy) is 1. The van der Waals surface area contributed by atoms with Crippen molar-refractivity contribution in [2.75, 3.05) is 0 Å². The molecule has 1 aromatic carbocycles. The number of fused-ring (bicyclic) bond motifs is 1. The number of aromatic nitrogens is 7. The van der Waals surface area contributed by atoms with Crippen molar-refractivity contribution < 1.29 is 9.13 Å². The highest BCUT2D eigenvalue weighted by molar-refractivity contribution is 5.66. The molecule has 0 aliphatic rings. The summed E-state index contributed by atoms with van der Waals surface area (Å²) in [6.07, 6.45) is 3.14. The lowest BCUT2D eigenvalue weighted by Crippen LogP contribution is -2.13. The Labute approximate surface area is 161 Å². The van der Waals surface area contributed by atoms with Gasteiger partial charge in [0, 0.05) is 18.2 Å². The molecule has 28 heavy (non-hydrogen) atoms. The van der Waals surface area contributed by atoms with E-state index in [0.29, 0.717) is 23.1 Å². The second-order valence-corrected chi connectivity index (χ2v) is 7.49. The lowest BCUT2D eigenvalue weighted by molar-refractivity contribution is 0.270. The molecular formula is C19H20FN7O. The van der Waals surface area contributed by atoms with Crippen molar-refractivity contribution in [3.63, 3.8) is 0 Å². The molecule has 0 atom stereocenters. The van der Waals surface area contributed by atoms with Gasteiger partial charge in [-0.05, 0) is 29.7 Å². The Morgan fingerprint density at radius 1 is 1.14 bits per heavy atom. The summed E-state index contributed by atoms with van der Waals surface area (Å²) >= 11 is 0. The van der Waals surface area contributed by atoms with Crippen LogP contribution in [0.4, 0.5) is 4.39 Å². The smallest absolute Gasteiger partial charge is 0.238 e. The van der Waals surface area contributed by atoms with E-state index in [9.17, 15) is 4.39 Å². The van der Waals surface area contributed by atoms with E-state index in [-0.39, 0.29) is 17.8 Å². The summed E-state index contributed by atoms with van der Waals surface area (Å²) in [7, 11) is 1.81. The fourth-order valence-electron chi connectivity index (χ4n) is 3.04. The summed E-state index contributed by atoms with van der Waals surface area (Å²) in [6, 6.07) is 6.07. The second kappa shape index (κ2) is 6.66. The van der Waals surface area contributed by atoms with Gasteiger partial charge in [0.15, 0.2) is 11.6 Å². The largest absolute Gasteiger partial charge is 0.468 e. The Morgan fingerprint density at radius 3 is 2.54 bits per heavy atom. The molecule has 0 radical (unpaired) electrons. The fourth-order valence-corrected chi connectivity index (χ4v) is 3.04. The molecule has 4 rings (SSSR count). The van der Waals surface area contributed by atoms with Gasteiger partial charge >= 0.3 is 0 Å². The molecule has 0 aliphatic carbocycles. The lowest BCUT2D eigenvalue weighted by atomic mass is 9.88. The van der Waals surface area contributed by atoms with Crippen molar-refractivity contribution in [1.29, 1.82) is 0 Å². The van der Waals surface area contributed by atoms with Crippen molar-refractivity contribution in [1.82, 2.24) is 34.6 Å². The molecule has 0 saturated heterocycles. The third kappa shape index (κ3) is 3.19. The number of nitrogens with zero attached hydrogens (tertiary/aromatic N) is 7. The maximum absolute atomic E-state index is 13.3. The van der Waals surface area contributed by atoms with E-state index in [4.69, 9.17) is 4.74 Å². The Balaban J connectivity index is 1.83. The SMILES string of the molecule is Cn1ncnc1COc1nn2c(-c3ccc(F)cc3)nncc2c1C(C)(C)C. The molecule has 4 aromatic rings. The Bertz CT molecular complexity index is 1130. The standard InChI is InChI=1S/C19H20FN7O/c1-19(2,3)16-14-9-22-24-17(12-5-7-13(20)8-6-12)27(14)25-18(16)28-10-15-21-11-23-26(15)4/h5-9,11H,10H2,1-4H3. The molecular weight excluding hydrogens is 361 g/mol. The van der Waals surface area contributed by atoms with Crippen molar-refractivity contribution in [2.24, 2.45) is 7.05 Å². The number of rotatable bonds is 4. The zero-order valence-electron chi connectivity index (χ0n) is 16.1. The van der Waals surface area contributed by atoms with Crippen LogP contribution in [0.3, 0.4) is 0 Å². The molecule has 0 unspecified atom stereocenters. The first-order valence-corrected chi connectivity index (χ1v) is 8.81. The first kappa shape index (κ1) is 18.0. The van der Waals surface area contributed by atoms with Gasteiger partial charge in [-0.2, -0.15) is 10.2 Å². The molecule has 0 bridgehead atoms. The highest BCUT2D eigenvalue weighted by Gasteiger charge is 2.28. The van der Waals surface area contributed by atoms with Gasteiger partial charge in [0.25, 0.3) is 0 Å². The molecule has 9 heteroatoms. The van der Waals surface area contributed by atoms with Crippen LogP contribution in [0.1, 0.15) is 32.2 Å². The van der Waals surface area contributed by atoms with Crippen molar-refractivity contribution in [3.05, 3.63) is 54.0 Å². The monoisotopic (exact) mass is 381 g/mol. The topological polar surface area (TPSA) is 83.0 Å². The van der Waals surface area contributed by atoms with Gasteiger partial charge in [-0.15, -0.1) is 10.2 Å². The van der Waals surface area contributed by atoms with Crippen LogP contribution in [0.2, 0.25) is 0 Å². The van der Waals surface area contributed by atoms with Gasteiger partial charge < -0.3 is 4.74 Å². The molecule has 0 N–H and O–H groups in total. The number of aryl methyl sites for hydroxylation is 1. The molecule has 3 aromatic heterocycles. The molecule has 8 nitrogen and oxygen atoms in total. The number of benzene rings is 1. The summed E-state index contributed by atoms with van der Waals surface area (Å²) in [6.45, 7) is 6.47. The average Bonchev–Trinajstić information content (AvgIpc) is 3.23. The van der Waals surface area contributed by atoms with Gasteiger partial charge in [0.2, 0.25) is 5.88 Å². The number of hydrogen-bond donors (Lipinski definition) is 0. The maximum Gasteiger partial charge on any atom is 0.238 e. The summed E-state index contributed by atoms with van der Waals surface area (Å²) < 4.78 is 22.7. The van der Waals surface area contributed by atoms with Crippen LogP contribution in [0, 0.1) is 5.82 Å². The first-order valence-electron chi connectivity index (χ1n) is 8.81. The average molecular weight is 381 g/mol. The van der Waals surface area contributed by atoms with Crippen molar-refractivity contribution in [3.8, 4) is 17.3 Å². The normalized spacial score (nSPS) is 11.9. The third-order valence-electron chi connectivity index (χ3n) is 4.42. The van der Waals surface area contributed by atoms with Crippen LogP contribution >= 0.6 is 0 Å². The van der Waals surface area contributed by atoms with E-state index in [1.807, 2.05) is 0 Å². The molecule has 0 aliphatic heterocycles. The lowest BCUT2D eigenvalue weighted by Gasteiger charge is -2.18. The zero-order valence-corrected chi connectivity index (χ0v) is 16.1. The van der Waals surface area contributed by atoms with Crippen LogP contribution in [-0.4, -0.2) is 34.6 Å². The van der Waals surface area contributed by atoms with E-state index < -0.39 is 0 Å². The summed E-state index contributed by atoms with van der Waals surface area (Å²) in [5, 5.41) is 17.1. The second-order valence-electron chi connectivity index (χ2n) is 7.49. The van der Waals surface area contributed by atoms with E-state index in [1.165, 1.54) is 18.5 Å². The highest BCUT2D eigenvalue weighted by atomic mass is 19.1. The predicted molar refractivity (Wildman–Crippen MR) is 100 cm³/mol. The van der Waals surface area contributed by atoms with Gasteiger partial charge in [-0.1, -0.05) is 20.8 Å². The minimum atomic E-state index is -0.313. The third-order valence-corrected chi connectivity index (χ3v) is 4.42. The molecule has 0 amide bonds. The van der Waals surface area contributed by atoms with Crippen LogP contribution in [0.15, 0.2) is 36.8 Å². The zero-order chi connectivity index (χ0) is 19.9. The van der Waals surface area contributed by atoms with Gasteiger partial charge in [-0.25, -0.2) is 13.9 Å². The van der Waals surface area contributed by atoms with Crippen LogP contribution in [0.5, 0.6) is 5.88 Å². The fraction of sp³-hybridized carbons (Fsp3) is 0.316. The maximum atomic E-state index is 13.3. The van der Waals surface area contributed by atoms with E-state index in [1.54, 1.807) is 34.6 Å². The summed E-state index contributed by atoms with van der Waals surface area (Å²) in [5.74, 6) is 1.37. The molecule has 0 spiro atoms.